The van der Waals surface area contributed by atoms with Crippen LogP contribution in [-0.4, -0.2) is 59.3 Å². The van der Waals surface area contributed by atoms with Crippen LogP contribution in [0.2, 0.25) is 0 Å². The number of ether oxygens (including phenoxy) is 2. The first-order chi connectivity index (χ1) is 14.3. The van der Waals surface area contributed by atoms with Gasteiger partial charge in [-0.3, -0.25) is 0 Å². The van der Waals surface area contributed by atoms with Crippen molar-refractivity contribution in [2.75, 3.05) is 54.5 Å². The van der Waals surface area contributed by atoms with Crippen LogP contribution >= 0.6 is 0 Å². The van der Waals surface area contributed by atoms with E-state index in [0.717, 1.165) is 55.1 Å². The molecule has 0 spiro atoms. The van der Waals surface area contributed by atoms with Crippen molar-refractivity contribution in [1.29, 1.82) is 0 Å². The van der Waals surface area contributed by atoms with Gasteiger partial charge in [-0.15, -0.1) is 0 Å². The van der Waals surface area contributed by atoms with E-state index < -0.39 is 0 Å². The Morgan fingerprint density at radius 3 is 2.24 bits per heavy atom. The molecule has 5 rings (SSSR count). The van der Waals surface area contributed by atoms with Crippen LogP contribution in [0.15, 0.2) is 48.9 Å². The van der Waals surface area contributed by atoms with Crippen molar-refractivity contribution in [3.05, 3.63) is 48.9 Å². The van der Waals surface area contributed by atoms with E-state index in [9.17, 15) is 0 Å². The molecule has 0 radical (unpaired) electrons. The van der Waals surface area contributed by atoms with E-state index in [1.165, 1.54) is 0 Å². The largest absolute Gasteiger partial charge is 0.486 e. The molecule has 3 aromatic rings. The molecule has 1 N–H and O–H groups in total. The Morgan fingerprint density at radius 2 is 1.45 bits per heavy atom. The fourth-order valence-electron chi connectivity index (χ4n) is 3.40. The molecular weight excluding hydrogens is 370 g/mol. The Hall–Kier alpha value is -3.62. The molecule has 0 aliphatic carbocycles. The van der Waals surface area contributed by atoms with Crippen LogP contribution in [0.3, 0.4) is 0 Å². The van der Waals surface area contributed by atoms with Gasteiger partial charge in [0.05, 0.1) is 0 Å². The third-order valence-electron chi connectivity index (χ3n) is 4.85. The van der Waals surface area contributed by atoms with Crippen molar-refractivity contribution in [1.82, 2.24) is 19.9 Å². The van der Waals surface area contributed by atoms with Crippen molar-refractivity contribution in [3.63, 3.8) is 0 Å². The molecule has 0 amide bonds. The summed E-state index contributed by atoms with van der Waals surface area (Å²) in [5.74, 6) is 3.73. The summed E-state index contributed by atoms with van der Waals surface area (Å²) in [6.07, 6.45) is 5.31. The second kappa shape index (κ2) is 7.78. The average Bonchev–Trinajstić information content (AvgIpc) is 2.80. The van der Waals surface area contributed by atoms with Crippen molar-refractivity contribution < 1.29 is 9.47 Å². The first kappa shape index (κ1) is 17.5. The predicted molar refractivity (Wildman–Crippen MR) is 109 cm³/mol. The van der Waals surface area contributed by atoms with Crippen LogP contribution in [0.4, 0.5) is 23.4 Å². The number of anilines is 4. The molecule has 4 heterocycles. The fourth-order valence-corrected chi connectivity index (χ4v) is 3.40. The molecule has 2 aliphatic rings. The Kier molecular flexibility index (Phi) is 4.69. The zero-order valence-electron chi connectivity index (χ0n) is 15.9. The number of aromatic nitrogens is 4. The van der Waals surface area contributed by atoms with Crippen LogP contribution in [0.1, 0.15) is 0 Å². The highest BCUT2D eigenvalue weighted by molar-refractivity contribution is 5.62. The van der Waals surface area contributed by atoms with Gasteiger partial charge in [0.25, 0.3) is 0 Å². The van der Waals surface area contributed by atoms with Gasteiger partial charge in [-0.2, -0.15) is 4.98 Å². The third-order valence-corrected chi connectivity index (χ3v) is 4.85. The zero-order valence-corrected chi connectivity index (χ0v) is 15.9. The van der Waals surface area contributed by atoms with Crippen molar-refractivity contribution >= 4 is 23.4 Å². The lowest BCUT2D eigenvalue weighted by atomic mass is 10.2. The van der Waals surface area contributed by atoms with Gasteiger partial charge < -0.3 is 24.6 Å². The summed E-state index contributed by atoms with van der Waals surface area (Å²) < 4.78 is 11.2. The number of hydrogen-bond donors (Lipinski definition) is 1. The van der Waals surface area contributed by atoms with E-state index in [1.54, 1.807) is 18.6 Å². The highest BCUT2D eigenvalue weighted by atomic mass is 16.6. The summed E-state index contributed by atoms with van der Waals surface area (Å²) in [5, 5.41) is 3.32. The summed E-state index contributed by atoms with van der Waals surface area (Å²) in [7, 11) is 0. The van der Waals surface area contributed by atoms with Crippen LogP contribution in [0.25, 0.3) is 0 Å². The van der Waals surface area contributed by atoms with Gasteiger partial charge in [-0.25, -0.2) is 15.0 Å². The monoisotopic (exact) mass is 391 g/mol. The van der Waals surface area contributed by atoms with Gasteiger partial charge in [-0.05, 0) is 24.3 Å². The maximum Gasteiger partial charge on any atom is 0.227 e. The van der Waals surface area contributed by atoms with Crippen LogP contribution in [0, 0.1) is 0 Å². The van der Waals surface area contributed by atoms with Gasteiger partial charge in [0.15, 0.2) is 11.5 Å². The lowest BCUT2D eigenvalue weighted by Gasteiger charge is -2.34. The van der Waals surface area contributed by atoms with Crippen molar-refractivity contribution in [2.45, 2.75) is 0 Å². The molecule has 9 nitrogen and oxygen atoms in total. The smallest absolute Gasteiger partial charge is 0.227 e. The Balaban J connectivity index is 1.26. The SMILES string of the molecule is c1cnc(N2CCN(c3nccc(Nc4ccc5c(c4)OCCO5)n3)CC2)nc1. The van der Waals surface area contributed by atoms with Gasteiger partial charge in [0.2, 0.25) is 11.9 Å². The van der Waals surface area contributed by atoms with E-state index in [0.29, 0.717) is 19.2 Å². The molecule has 2 aromatic heterocycles. The number of benzene rings is 1. The summed E-state index contributed by atoms with van der Waals surface area (Å²) in [6, 6.07) is 9.47. The van der Waals surface area contributed by atoms with Crippen LogP contribution in [-0.2, 0) is 0 Å². The second-order valence-electron chi connectivity index (χ2n) is 6.75. The summed E-state index contributed by atoms with van der Waals surface area (Å²) in [4.78, 5) is 22.1. The van der Waals surface area contributed by atoms with Crippen LogP contribution in [0.5, 0.6) is 11.5 Å². The molecule has 2 aliphatic heterocycles. The van der Waals surface area contributed by atoms with Gasteiger partial charge >= 0.3 is 0 Å². The van der Waals surface area contributed by atoms with E-state index in [4.69, 9.17) is 9.47 Å². The minimum absolute atomic E-state index is 0.564. The maximum absolute atomic E-state index is 5.65. The van der Waals surface area contributed by atoms with Crippen LogP contribution < -0.4 is 24.6 Å². The minimum Gasteiger partial charge on any atom is -0.486 e. The molecule has 1 aromatic carbocycles. The van der Waals surface area contributed by atoms with E-state index in [-0.39, 0.29) is 0 Å². The zero-order chi connectivity index (χ0) is 19.5. The predicted octanol–water partition coefficient (Wildman–Crippen LogP) is 2.11. The molecular formula is C20H21N7O2. The Morgan fingerprint density at radius 1 is 0.759 bits per heavy atom. The molecule has 1 fully saturated rings. The standard InChI is InChI=1S/C20H21N7O2/c1-5-21-19(22-6-1)26-8-10-27(11-9-26)20-23-7-4-18(25-20)24-15-2-3-16-17(14-15)29-13-12-28-16/h1-7,14H,8-13H2,(H,23,24,25). The Bertz CT molecular complexity index is 978. The first-order valence-electron chi connectivity index (χ1n) is 9.62. The number of fused-ring (bicyclic) bond motifs is 1. The quantitative estimate of drug-likeness (QED) is 0.718. The number of piperazine rings is 1. The van der Waals surface area contributed by atoms with Gasteiger partial charge in [0.1, 0.15) is 19.0 Å². The lowest BCUT2D eigenvalue weighted by Crippen LogP contribution is -2.47. The van der Waals surface area contributed by atoms with E-state index >= 15 is 0 Å². The molecule has 0 saturated carbocycles. The number of nitrogens with zero attached hydrogens (tertiary/aromatic N) is 6. The molecule has 0 unspecified atom stereocenters. The molecule has 1 saturated heterocycles. The van der Waals surface area contributed by atoms with Gasteiger partial charge in [0, 0.05) is 56.5 Å². The molecule has 148 valence electrons. The highest BCUT2D eigenvalue weighted by Crippen LogP contribution is 2.33. The molecule has 0 atom stereocenters. The van der Waals surface area contributed by atoms with Crippen molar-refractivity contribution in [2.24, 2.45) is 0 Å². The lowest BCUT2D eigenvalue weighted by molar-refractivity contribution is 0.171. The summed E-state index contributed by atoms with van der Waals surface area (Å²) >= 11 is 0. The number of nitrogens with one attached hydrogen (secondary N) is 1. The minimum atomic E-state index is 0.564. The Labute approximate surface area is 168 Å². The van der Waals surface area contributed by atoms with Gasteiger partial charge in [-0.1, -0.05) is 0 Å². The highest BCUT2D eigenvalue weighted by Gasteiger charge is 2.21. The fraction of sp³-hybridized carbons (Fsp3) is 0.300. The molecule has 29 heavy (non-hydrogen) atoms. The normalized spacial score (nSPS) is 15.9. The molecule has 0 bridgehead atoms. The summed E-state index contributed by atoms with van der Waals surface area (Å²) in [5.41, 5.74) is 0.893. The second-order valence-corrected chi connectivity index (χ2v) is 6.75. The average molecular weight is 391 g/mol. The summed E-state index contributed by atoms with van der Waals surface area (Å²) in [6.45, 7) is 4.42. The number of hydrogen-bond acceptors (Lipinski definition) is 9. The topological polar surface area (TPSA) is 88.5 Å². The van der Waals surface area contributed by atoms with E-state index in [1.807, 2.05) is 30.3 Å². The van der Waals surface area contributed by atoms with Crippen molar-refractivity contribution in [3.8, 4) is 11.5 Å². The van der Waals surface area contributed by atoms with E-state index in [2.05, 4.69) is 35.1 Å². The maximum atomic E-state index is 5.65. The molecule has 9 heteroatoms. The third kappa shape index (κ3) is 3.84. The number of rotatable bonds is 4. The first-order valence-corrected chi connectivity index (χ1v) is 9.62.